The summed E-state index contributed by atoms with van der Waals surface area (Å²) in [4.78, 5) is 0. The zero-order chi connectivity index (χ0) is 8.85. The van der Waals surface area contributed by atoms with Gasteiger partial charge in [0.15, 0.2) is 0 Å². The van der Waals surface area contributed by atoms with Crippen LogP contribution in [0.4, 0.5) is 0 Å². The van der Waals surface area contributed by atoms with Crippen molar-refractivity contribution in [1.29, 1.82) is 0 Å². The molecular formula is C9H21BO. The fourth-order valence-electron chi connectivity index (χ4n) is 1.49. The molecule has 0 bridgehead atoms. The van der Waals surface area contributed by atoms with Crippen molar-refractivity contribution in [1.82, 2.24) is 0 Å². The molecule has 0 radical (unpaired) electrons. The molecule has 0 spiro atoms. The lowest BCUT2D eigenvalue weighted by Gasteiger charge is -2.22. The van der Waals surface area contributed by atoms with Crippen LogP contribution >= 0.6 is 0 Å². The zero-order valence-corrected chi connectivity index (χ0v) is 8.55. The van der Waals surface area contributed by atoms with E-state index in [0.717, 1.165) is 0 Å². The Hall–Kier alpha value is 0.0249. The highest BCUT2D eigenvalue weighted by molar-refractivity contribution is 6.55. The molecule has 0 aliphatic carbocycles. The minimum absolute atomic E-state index is 0.449. The van der Waals surface area contributed by atoms with Crippen LogP contribution in [0.3, 0.4) is 0 Å². The summed E-state index contributed by atoms with van der Waals surface area (Å²) < 4.78 is 5.46. The molecule has 0 saturated carbocycles. The maximum absolute atomic E-state index is 5.46. The Labute approximate surface area is 71.6 Å². The molecule has 0 rings (SSSR count). The van der Waals surface area contributed by atoms with Crippen molar-refractivity contribution in [3.63, 3.8) is 0 Å². The summed E-state index contributed by atoms with van der Waals surface area (Å²) in [6.07, 6.45) is 2.42. The minimum atomic E-state index is 0.449. The second-order valence-electron chi connectivity index (χ2n) is 3.47. The molecule has 0 amide bonds. The van der Waals surface area contributed by atoms with E-state index in [4.69, 9.17) is 4.65 Å². The molecule has 0 aromatic carbocycles. The largest absolute Gasteiger partial charge is 0.438 e. The standard InChI is InChI=1S/C9H21BO/c1-6-8(3)10(11-5)9(4)7-2/h8-9H,6-7H2,1-5H3/t8-,9-/m1/s1. The molecule has 0 aromatic heterocycles. The van der Waals surface area contributed by atoms with Crippen molar-refractivity contribution in [2.45, 2.75) is 52.2 Å². The molecule has 0 unspecified atom stereocenters. The van der Waals surface area contributed by atoms with Crippen molar-refractivity contribution in [2.75, 3.05) is 7.11 Å². The Balaban J connectivity index is 3.92. The predicted molar refractivity (Wildman–Crippen MR) is 52.2 cm³/mol. The lowest BCUT2D eigenvalue weighted by Crippen LogP contribution is -2.26. The van der Waals surface area contributed by atoms with Gasteiger partial charge in [-0.1, -0.05) is 40.5 Å². The second kappa shape index (κ2) is 5.65. The van der Waals surface area contributed by atoms with Gasteiger partial charge in [0.1, 0.15) is 0 Å². The van der Waals surface area contributed by atoms with Crippen molar-refractivity contribution < 1.29 is 4.65 Å². The number of rotatable bonds is 5. The van der Waals surface area contributed by atoms with Gasteiger partial charge >= 0.3 is 0 Å². The molecule has 0 saturated heterocycles. The molecule has 11 heavy (non-hydrogen) atoms. The number of hydrogen-bond acceptors (Lipinski definition) is 1. The molecule has 0 fully saturated rings. The second-order valence-corrected chi connectivity index (χ2v) is 3.47. The molecule has 0 heterocycles. The zero-order valence-electron chi connectivity index (χ0n) is 8.55. The predicted octanol–water partition coefficient (Wildman–Crippen LogP) is 3.22. The lowest BCUT2D eigenvalue weighted by molar-refractivity contribution is 0.393. The first-order chi connectivity index (χ1) is 5.17. The van der Waals surface area contributed by atoms with Gasteiger partial charge in [0, 0.05) is 7.11 Å². The van der Waals surface area contributed by atoms with Crippen LogP contribution in [-0.2, 0) is 4.65 Å². The monoisotopic (exact) mass is 156 g/mol. The van der Waals surface area contributed by atoms with Crippen LogP contribution in [0.15, 0.2) is 0 Å². The average molecular weight is 156 g/mol. The van der Waals surface area contributed by atoms with E-state index in [-0.39, 0.29) is 0 Å². The van der Waals surface area contributed by atoms with Crippen LogP contribution in [0.5, 0.6) is 0 Å². The third kappa shape index (κ3) is 3.28. The van der Waals surface area contributed by atoms with Gasteiger partial charge in [0.25, 0.3) is 6.92 Å². The van der Waals surface area contributed by atoms with E-state index in [2.05, 4.69) is 27.7 Å². The first-order valence-electron chi connectivity index (χ1n) is 4.70. The van der Waals surface area contributed by atoms with Crippen molar-refractivity contribution in [2.24, 2.45) is 0 Å². The van der Waals surface area contributed by atoms with Gasteiger partial charge in [0.05, 0.1) is 0 Å². The van der Waals surface area contributed by atoms with Crippen molar-refractivity contribution >= 4 is 6.92 Å². The van der Waals surface area contributed by atoms with Gasteiger partial charge in [-0.15, -0.1) is 0 Å². The summed E-state index contributed by atoms with van der Waals surface area (Å²) in [5.41, 5.74) is 0. The van der Waals surface area contributed by atoms with Gasteiger partial charge < -0.3 is 4.65 Å². The molecular weight excluding hydrogens is 135 g/mol. The van der Waals surface area contributed by atoms with Gasteiger partial charge in [-0.3, -0.25) is 0 Å². The summed E-state index contributed by atoms with van der Waals surface area (Å²) in [5, 5.41) is 0. The van der Waals surface area contributed by atoms with Gasteiger partial charge in [-0.25, -0.2) is 0 Å². The van der Waals surface area contributed by atoms with Crippen molar-refractivity contribution in [3.05, 3.63) is 0 Å². The maximum atomic E-state index is 5.46. The summed E-state index contributed by atoms with van der Waals surface area (Å²) in [6.45, 7) is 9.42. The quantitative estimate of drug-likeness (QED) is 0.555. The third-order valence-electron chi connectivity index (χ3n) is 2.68. The van der Waals surface area contributed by atoms with Crippen LogP contribution in [0.1, 0.15) is 40.5 Å². The fourth-order valence-corrected chi connectivity index (χ4v) is 1.49. The van der Waals surface area contributed by atoms with Crippen molar-refractivity contribution in [3.8, 4) is 0 Å². The normalized spacial score (nSPS) is 16.1. The minimum Gasteiger partial charge on any atom is -0.438 e. The molecule has 2 heteroatoms. The summed E-state index contributed by atoms with van der Waals surface area (Å²) in [5.74, 6) is 1.38. The fraction of sp³-hybridized carbons (Fsp3) is 1.00. The van der Waals surface area contributed by atoms with E-state index < -0.39 is 0 Å². The van der Waals surface area contributed by atoms with E-state index in [1.165, 1.54) is 12.8 Å². The first-order valence-corrected chi connectivity index (χ1v) is 4.70. The highest BCUT2D eigenvalue weighted by atomic mass is 16.4. The Morgan fingerprint density at radius 2 is 1.45 bits per heavy atom. The highest BCUT2D eigenvalue weighted by Crippen LogP contribution is 2.26. The molecule has 66 valence electrons. The van der Waals surface area contributed by atoms with E-state index in [1.807, 2.05) is 7.11 Å². The third-order valence-corrected chi connectivity index (χ3v) is 2.68. The average Bonchev–Trinajstić information content (AvgIpc) is 2.05. The summed E-state index contributed by atoms with van der Waals surface area (Å²) in [7, 11) is 1.82. The van der Waals surface area contributed by atoms with Crippen LogP contribution in [0.2, 0.25) is 11.6 Å². The molecule has 0 aliphatic rings. The lowest BCUT2D eigenvalue weighted by atomic mass is 9.47. The molecule has 1 nitrogen and oxygen atoms in total. The summed E-state index contributed by atoms with van der Waals surface area (Å²) >= 11 is 0. The van der Waals surface area contributed by atoms with Crippen LogP contribution in [0, 0.1) is 0 Å². The van der Waals surface area contributed by atoms with Crippen LogP contribution in [0.25, 0.3) is 0 Å². The van der Waals surface area contributed by atoms with E-state index in [0.29, 0.717) is 18.6 Å². The molecule has 2 atom stereocenters. The smallest absolute Gasteiger partial charge is 0.298 e. The van der Waals surface area contributed by atoms with E-state index in [1.54, 1.807) is 0 Å². The van der Waals surface area contributed by atoms with Gasteiger partial charge in [-0.05, 0) is 11.6 Å². The topological polar surface area (TPSA) is 9.23 Å². The van der Waals surface area contributed by atoms with E-state index >= 15 is 0 Å². The Morgan fingerprint density at radius 1 is 1.09 bits per heavy atom. The molecule has 0 aliphatic heterocycles. The van der Waals surface area contributed by atoms with Crippen LogP contribution < -0.4 is 0 Å². The van der Waals surface area contributed by atoms with Gasteiger partial charge in [-0.2, -0.15) is 0 Å². The highest BCUT2D eigenvalue weighted by Gasteiger charge is 2.26. The Bertz CT molecular complexity index is 85.6. The summed E-state index contributed by atoms with van der Waals surface area (Å²) in [6, 6.07) is 0. The first kappa shape index (κ1) is 11.0. The van der Waals surface area contributed by atoms with Crippen LogP contribution in [-0.4, -0.2) is 14.0 Å². The SMILES string of the molecule is CC[C@@H](C)B(OC)[C@H](C)CC. The molecule has 0 N–H and O–H groups in total. The Morgan fingerprint density at radius 3 is 1.64 bits per heavy atom. The number of hydrogen-bond donors (Lipinski definition) is 0. The maximum Gasteiger partial charge on any atom is 0.298 e. The van der Waals surface area contributed by atoms with E-state index in [9.17, 15) is 0 Å². The Kier molecular flexibility index (Phi) is 5.66. The van der Waals surface area contributed by atoms with Gasteiger partial charge in [0.2, 0.25) is 0 Å². The molecule has 0 aromatic rings.